The third-order valence-corrected chi connectivity index (χ3v) is 6.70. The minimum atomic E-state index is -0.474. The first-order chi connectivity index (χ1) is 19.2. The van der Waals surface area contributed by atoms with Gasteiger partial charge >= 0.3 is 0 Å². The molecule has 0 bridgehead atoms. The summed E-state index contributed by atoms with van der Waals surface area (Å²) in [5.41, 5.74) is 3.54. The number of aromatic amines is 1. The van der Waals surface area contributed by atoms with Gasteiger partial charge in [-0.3, -0.25) is 9.89 Å². The molecule has 3 N–H and O–H groups in total. The van der Waals surface area contributed by atoms with E-state index in [1.54, 1.807) is 0 Å². The van der Waals surface area contributed by atoms with Crippen LogP contribution in [0, 0.1) is 0 Å². The maximum absolute atomic E-state index is 13.4. The summed E-state index contributed by atoms with van der Waals surface area (Å²) < 4.78 is 5.74. The Morgan fingerprint density at radius 2 is 1.62 bits per heavy atom. The summed E-state index contributed by atoms with van der Waals surface area (Å²) in [6.45, 7) is 2.42. The number of anilines is 2. The predicted molar refractivity (Wildman–Crippen MR) is 151 cm³/mol. The van der Waals surface area contributed by atoms with Gasteiger partial charge in [-0.2, -0.15) is 15.1 Å². The number of rotatable bonds is 10. The third kappa shape index (κ3) is 5.52. The molecule has 1 amide bonds. The summed E-state index contributed by atoms with van der Waals surface area (Å²) in [6.07, 6.45) is 0. The first-order valence-electron chi connectivity index (χ1n) is 13.0. The molecule has 9 nitrogen and oxygen atoms in total. The van der Waals surface area contributed by atoms with Crippen LogP contribution in [-0.4, -0.2) is 45.8 Å². The zero-order chi connectivity index (χ0) is 26.4. The molecular weight excluding hydrogens is 490 g/mol. The highest BCUT2D eigenvalue weighted by Gasteiger charge is 2.35. The topological polar surface area (TPSA) is 108 Å². The summed E-state index contributed by atoms with van der Waals surface area (Å²) in [5.74, 6) is 1.47. The molecule has 9 heteroatoms. The van der Waals surface area contributed by atoms with Gasteiger partial charge in [0.25, 0.3) is 0 Å². The molecule has 0 saturated carbocycles. The predicted octanol–water partition coefficient (Wildman–Crippen LogP) is 4.26. The molecule has 0 aliphatic carbocycles. The summed E-state index contributed by atoms with van der Waals surface area (Å²) in [4.78, 5) is 25.1. The lowest BCUT2D eigenvalue weighted by Crippen LogP contribution is -2.41. The van der Waals surface area contributed by atoms with Gasteiger partial charge in [-0.25, -0.2) is 0 Å². The van der Waals surface area contributed by atoms with E-state index >= 15 is 0 Å². The minimum absolute atomic E-state index is 0.102. The summed E-state index contributed by atoms with van der Waals surface area (Å²) >= 11 is 0. The van der Waals surface area contributed by atoms with Gasteiger partial charge < -0.3 is 20.3 Å². The Bertz CT molecular complexity index is 1540. The highest BCUT2D eigenvalue weighted by Crippen LogP contribution is 2.37. The van der Waals surface area contributed by atoms with Crippen molar-refractivity contribution in [2.24, 2.45) is 0 Å². The van der Waals surface area contributed by atoms with Crippen LogP contribution in [0.1, 0.15) is 22.7 Å². The van der Waals surface area contributed by atoms with Crippen molar-refractivity contribution in [3.8, 4) is 5.75 Å². The van der Waals surface area contributed by atoms with Crippen LogP contribution in [0.25, 0.3) is 11.0 Å². The quantitative estimate of drug-likeness (QED) is 0.237. The van der Waals surface area contributed by atoms with Gasteiger partial charge in [-0.15, -0.1) is 0 Å². The number of amides is 1. The minimum Gasteiger partial charge on any atom is -0.492 e. The van der Waals surface area contributed by atoms with Gasteiger partial charge in [0.1, 0.15) is 24.1 Å². The number of nitrogens with zero attached hydrogens (tertiary/aromatic N) is 4. The molecule has 3 aromatic carbocycles. The van der Waals surface area contributed by atoms with E-state index in [1.165, 1.54) is 0 Å². The highest BCUT2D eigenvalue weighted by atomic mass is 16.5. The van der Waals surface area contributed by atoms with Gasteiger partial charge in [0.05, 0.1) is 17.6 Å². The molecule has 1 atom stereocenters. The van der Waals surface area contributed by atoms with E-state index in [0.29, 0.717) is 50.1 Å². The monoisotopic (exact) mass is 519 g/mol. The molecule has 3 heterocycles. The first kappa shape index (κ1) is 24.4. The fourth-order valence-corrected chi connectivity index (χ4v) is 4.80. The number of aromatic nitrogens is 4. The number of para-hydroxylation sites is 1. The van der Waals surface area contributed by atoms with Crippen molar-refractivity contribution in [2.75, 3.05) is 29.9 Å². The van der Waals surface area contributed by atoms with Crippen molar-refractivity contribution in [2.45, 2.75) is 19.0 Å². The van der Waals surface area contributed by atoms with Crippen LogP contribution in [0.3, 0.4) is 0 Å². The number of carbonyl (C=O) groups is 1. The van der Waals surface area contributed by atoms with Crippen molar-refractivity contribution in [3.63, 3.8) is 0 Å². The van der Waals surface area contributed by atoms with Gasteiger partial charge in [0.2, 0.25) is 11.9 Å². The van der Waals surface area contributed by atoms with Crippen LogP contribution in [-0.2, 0) is 17.9 Å². The third-order valence-electron chi connectivity index (χ3n) is 6.70. The van der Waals surface area contributed by atoms with Crippen LogP contribution in [0.15, 0.2) is 91.0 Å². The Balaban J connectivity index is 1.24. The van der Waals surface area contributed by atoms with E-state index in [-0.39, 0.29) is 5.91 Å². The second kappa shape index (κ2) is 11.2. The SMILES string of the molecule is O=C(NCCOc1ccccc1)C1CN(Cc2ccccc2)c2nc(NCc3ccccc3)nc3[nH]nc1c23. The van der Waals surface area contributed by atoms with E-state index in [2.05, 4.69) is 55.0 Å². The van der Waals surface area contributed by atoms with Crippen molar-refractivity contribution in [1.82, 2.24) is 25.5 Å². The van der Waals surface area contributed by atoms with E-state index in [1.807, 2.05) is 66.7 Å². The summed E-state index contributed by atoms with van der Waals surface area (Å²) in [6, 6.07) is 29.9. The van der Waals surface area contributed by atoms with Crippen LogP contribution in [0.5, 0.6) is 5.75 Å². The maximum atomic E-state index is 13.4. The maximum Gasteiger partial charge on any atom is 0.231 e. The number of benzene rings is 3. The Morgan fingerprint density at radius 1 is 0.923 bits per heavy atom. The second-order valence-corrected chi connectivity index (χ2v) is 9.41. The van der Waals surface area contributed by atoms with Crippen molar-refractivity contribution in [3.05, 3.63) is 108 Å². The standard InChI is InChI=1S/C30H29N7O2/c38-29(31-16-17-39-23-14-8-3-9-15-23)24-20-37(19-22-12-6-2-7-13-22)28-25-26(24)35-36-27(25)33-30(34-28)32-18-21-10-4-1-5-11-21/h1-15,24H,16-20H2,(H,31,38)(H2,32,33,34,35,36). The molecule has 0 spiro atoms. The van der Waals surface area contributed by atoms with Gasteiger partial charge in [-0.1, -0.05) is 78.9 Å². The number of H-pyrrole nitrogens is 1. The summed E-state index contributed by atoms with van der Waals surface area (Å²) in [5, 5.41) is 14.7. The Morgan fingerprint density at radius 3 is 2.36 bits per heavy atom. The molecule has 2 aromatic heterocycles. The molecule has 0 radical (unpaired) electrons. The largest absolute Gasteiger partial charge is 0.492 e. The first-order valence-corrected chi connectivity index (χ1v) is 13.0. The lowest BCUT2D eigenvalue weighted by molar-refractivity contribution is -0.122. The van der Waals surface area contributed by atoms with Gasteiger partial charge in [0, 0.05) is 19.6 Å². The Kier molecular flexibility index (Phi) is 7.03. The molecule has 6 rings (SSSR count). The highest BCUT2D eigenvalue weighted by molar-refractivity contribution is 5.98. The van der Waals surface area contributed by atoms with Crippen LogP contribution in [0.2, 0.25) is 0 Å². The molecule has 1 aliphatic rings. The Hall–Kier alpha value is -4.92. The molecular formula is C30H29N7O2. The second-order valence-electron chi connectivity index (χ2n) is 9.41. The van der Waals surface area contributed by atoms with Crippen LogP contribution in [0.4, 0.5) is 11.8 Å². The number of hydrogen-bond donors (Lipinski definition) is 3. The number of hydrogen-bond acceptors (Lipinski definition) is 7. The van der Waals surface area contributed by atoms with Crippen molar-refractivity contribution in [1.29, 1.82) is 0 Å². The van der Waals surface area contributed by atoms with Crippen molar-refractivity contribution < 1.29 is 9.53 Å². The number of ether oxygens (including phenoxy) is 1. The normalized spacial score (nSPS) is 14.3. The molecule has 196 valence electrons. The lowest BCUT2D eigenvalue weighted by atomic mass is 9.96. The molecule has 1 unspecified atom stereocenters. The zero-order valence-corrected chi connectivity index (χ0v) is 21.4. The van der Waals surface area contributed by atoms with E-state index in [4.69, 9.17) is 9.72 Å². The fraction of sp³-hybridized carbons (Fsp3) is 0.200. The fourth-order valence-electron chi connectivity index (χ4n) is 4.80. The number of nitrogens with one attached hydrogen (secondary N) is 3. The Labute approximate surface area is 226 Å². The smallest absolute Gasteiger partial charge is 0.231 e. The zero-order valence-electron chi connectivity index (χ0n) is 21.4. The average Bonchev–Trinajstić information content (AvgIpc) is 3.41. The summed E-state index contributed by atoms with van der Waals surface area (Å²) in [7, 11) is 0. The van der Waals surface area contributed by atoms with E-state index in [9.17, 15) is 4.79 Å². The number of carbonyl (C=O) groups excluding carboxylic acids is 1. The van der Waals surface area contributed by atoms with Gasteiger partial charge in [0.15, 0.2) is 5.65 Å². The molecule has 0 fully saturated rings. The van der Waals surface area contributed by atoms with E-state index < -0.39 is 5.92 Å². The molecule has 39 heavy (non-hydrogen) atoms. The lowest BCUT2D eigenvalue weighted by Gasteiger charge is -2.32. The van der Waals surface area contributed by atoms with Gasteiger partial charge in [-0.05, 0) is 23.3 Å². The molecule has 5 aromatic rings. The molecule has 0 saturated heterocycles. The van der Waals surface area contributed by atoms with E-state index in [0.717, 1.165) is 28.1 Å². The molecule has 1 aliphatic heterocycles. The van der Waals surface area contributed by atoms with Crippen LogP contribution >= 0.6 is 0 Å². The van der Waals surface area contributed by atoms with Crippen LogP contribution < -0.4 is 20.3 Å². The average molecular weight is 520 g/mol. The van der Waals surface area contributed by atoms with Crippen molar-refractivity contribution >= 4 is 28.7 Å².